The molecule has 0 atom stereocenters. The van der Waals surface area contributed by atoms with Crippen molar-refractivity contribution in [3.05, 3.63) is 77.0 Å². The summed E-state index contributed by atoms with van der Waals surface area (Å²) in [6.07, 6.45) is 4.54. The van der Waals surface area contributed by atoms with Gasteiger partial charge in [-0.2, -0.15) is 14.6 Å². The van der Waals surface area contributed by atoms with Gasteiger partial charge < -0.3 is 10.5 Å². The van der Waals surface area contributed by atoms with Crippen molar-refractivity contribution < 1.29 is 4.74 Å². The molecule has 0 radical (unpaired) electrons. The van der Waals surface area contributed by atoms with Gasteiger partial charge in [0.25, 0.3) is 0 Å². The monoisotopic (exact) mass is 459 g/mol. The van der Waals surface area contributed by atoms with Crippen LogP contribution in [0.2, 0.25) is 0 Å². The van der Waals surface area contributed by atoms with Gasteiger partial charge in [0.05, 0.1) is 11.7 Å². The number of hydrogen-bond donors (Lipinski definition) is 1. The molecule has 0 saturated carbocycles. The minimum absolute atomic E-state index is 0.389. The fourth-order valence-corrected chi connectivity index (χ4v) is 3.71. The number of anilines is 1. The van der Waals surface area contributed by atoms with Crippen LogP contribution in [0.15, 0.2) is 71.5 Å². The average molecular weight is 460 g/mol. The Bertz CT molecular complexity index is 1380. The van der Waals surface area contributed by atoms with Crippen molar-refractivity contribution in [1.82, 2.24) is 19.6 Å². The van der Waals surface area contributed by atoms with E-state index in [1.165, 1.54) is 5.56 Å². The van der Waals surface area contributed by atoms with Gasteiger partial charge in [-0.15, -0.1) is 0 Å². The van der Waals surface area contributed by atoms with Crippen LogP contribution < -0.4 is 10.5 Å². The third-order valence-electron chi connectivity index (χ3n) is 5.04. The lowest BCUT2D eigenvalue weighted by Gasteiger charge is -2.11. The van der Waals surface area contributed by atoms with Crippen molar-refractivity contribution in [1.29, 1.82) is 0 Å². The Morgan fingerprint density at radius 3 is 2.67 bits per heavy atom. The standard InChI is InChI=1S/C23H18BrN5O/c1-2-14-7-9-17(10-8-14)30-23-20(24)21(25)29-22(28-23)18(13-27-29)16-11-15-5-3-4-6-19(15)26-12-16/h3-13H,2,25H2,1H3. The number of benzene rings is 2. The van der Waals surface area contributed by atoms with E-state index in [4.69, 9.17) is 15.5 Å². The number of nitrogen functional groups attached to an aromatic ring is 1. The molecule has 3 aromatic heterocycles. The van der Waals surface area contributed by atoms with Crippen molar-refractivity contribution in [3.8, 4) is 22.8 Å². The smallest absolute Gasteiger partial charge is 0.239 e. The summed E-state index contributed by atoms with van der Waals surface area (Å²) < 4.78 is 8.19. The number of para-hydroxylation sites is 1. The number of pyridine rings is 1. The lowest BCUT2D eigenvalue weighted by atomic mass is 10.1. The highest BCUT2D eigenvalue weighted by molar-refractivity contribution is 9.10. The summed E-state index contributed by atoms with van der Waals surface area (Å²) in [7, 11) is 0. The van der Waals surface area contributed by atoms with Gasteiger partial charge in [0.15, 0.2) is 5.65 Å². The fraction of sp³-hybridized carbons (Fsp3) is 0.0870. The molecule has 0 aliphatic rings. The molecule has 5 aromatic rings. The SMILES string of the molecule is CCc1ccc(Oc2nc3c(-c4cnc5ccccc5c4)cnn3c(N)c2Br)cc1. The molecule has 0 spiro atoms. The van der Waals surface area contributed by atoms with E-state index in [-0.39, 0.29) is 0 Å². The normalized spacial score (nSPS) is 11.3. The van der Waals surface area contributed by atoms with E-state index in [1.54, 1.807) is 10.7 Å². The maximum absolute atomic E-state index is 6.32. The molecule has 0 fully saturated rings. The molecular formula is C23H18BrN5O. The lowest BCUT2D eigenvalue weighted by molar-refractivity contribution is 0.460. The Balaban J connectivity index is 1.61. The van der Waals surface area contributed by atoms with Crippen molar-refractivity contribution in [3.63, 3.8) is 0 Å². The second kappa shape index (κ2) is 7.42. The number of aryl methyl sites for hydroxylation is 1. The molecule has 0 saturated heterocycles. The first-order chi connectivity index (χ1) is 14.6. The van der Waals surface area contributed by atoms with Gasteiger partial charge in [0.2, 0.25) is 5.88 Å². The topological polar surface area (TPSA) is 78.3 Å². The Labute approximate surface area is 181 Å². The van der Waals surface area contributed by atoms with E-state index in [0.29, 0.717) is 27.6 Å². The van der Waals surface area contributed by atoms with Crippen molar-refractivity contribution in [2.24, 2.45) is 0 Å². The zero-order chi connectivity index (χ0) is 20.7. The highest BCUT2D eigenvalue weighted by Gasteiger charge is 2.18. The molecular weight excluding hydrogens is 442 g/mol. The molecule has 0 aliphatic heterocycles. The van der Waals surface area contributed by atoms with Crippen LogP contribution in [0, 0.1) is 0 Å². The summed E-state index contributed by atoms with van der Waals surface area (Å²) in [5, 5.41) is 5.47. The molecule has 148 valence electrons. The minimum Gasteiger partial charge on any atom is -0.438 e. The number of rotatable bonds is 4. The number of aromatic nitrogens is 4. The van der Waals surface area contributed by atoms with Crippen LogP contribution in [0.5, 0.6) is 11.6 Å². The molecule has 2 aromatic carbocycles. The number of hydrogen-bond acceptors (Lipinski definition) is 5. The minimum atomic E-state index is 0.389. The molecule has 2 N–H and O–H groups in total. The van der Waals surface area contributed by atoms with Crippen molar-refractivity contribution >= 4 is 38.3 Å². The van der Waals surface area contributed by atoms with Crippen LogP contribution in [0.1, 0.15) is 12.5 Å². The molecule has 0 amide bonds. The van der Waals surface area contributed by atoms with Crippen LogP contribution in [-0.2, 0) is 6.42 Å². The molecule has 6 nitrogen and oxygen atoms in total. The first kappa shape index (κ1) is 18.6. The molecule has 3 heterocycles. The molecule has 30 heavy (non-hydrogen) atoms. The van der Waals surface area contributed by atoms with E-state index < -0.39 is 0 Å². The Hall–Kier alpha value is -3.45. The van der Waals surface area contributed by atoms with E-state index in [9.17, 15) is 0 Å². The van der Waals surface area contributed by atoms with Crippen molar-refractivity contribution in [2.75, 3.05) is 5.73 Å². The Kier molecular flexibility index (Phi) is 4.59. The number of nitrogens with two attached hydrogens (primary N) is 1. The quantitative estimate of drug-likeness (QED) is 0.375. The van der Waals surface area contributed by atoms with Crippen LogP contribution in [0.4, 0.5) is 5.82 Å². The summed E-state index contributed by atoms with van der Waals surface area (Å²) in [4.78, 5) is 9.27. The maximum atomic E-state index is 6.32. The molecule has 5 rings (SSSR count). The predicted molar refractivity (Wildman–Crippen MR) is 122 cm³/mol. The number of nitrogens with zero attached hydrogens (tertiary/aromatic N) is 4. The Morgan fingerprint density at radius 2 is 1.87 bits per heavy atom. The zero-order valence-electron chi connectivity index (χ0n) is 16.2. The molecule has 0 aliphatic carbocycles. The van der Waals surface area contributed by atoms with Gasteiger partial charge in [-0.25, -0.2) is 0 Å². The summed E-state index contributed by atoms with van der Waals surface area (Å²) in [5.41, 5.74) is 10.8. The largest absolute Gasteiger partial charge is 0.438 e. The first-order valence-corrected chi connectivity index (χ1v) is 10.4. The first-order valence-electron chi connectivity index (χ1n) is 9.58. The van der Waals surface area contributed by atoms with E-state index in [0.717, 1.165) is 28.5 Å². The summed E-state index contributed by atoms with van der Waals surface area (Å²) in [5.74, 6) is 1.50. The second-order valence-electron chi connectivity index (χ2n) is 6.93. The predicted octanol–water partition coefficient (Wildman–Crippen LogP) is 5.64. The van der Waals surface area contributed by atoms with Gasteiger partial charge in [0, 0.05) is 22.7 Å². The number of ether oxygens (including phenoxy) is 1. The zero-order valence-corrected chi connectivity index (χ0v) is 17.8. The average Bonchev–Trinajstić information content (AvgIpc) is 3.21. The van der Waals surface area contributed by atoms with Gasteiger partial charge in [-0.1, -0.05) is 37.3 Å². The highest BCUT2D eigenvalue weighted by atomic mass is 79.9. The van der Waals surface area contributed by atoms with Crippen LogP contribution >= 0.6 is 15.9 Å². The fourth-order valence-electron chi connectivity index (χ4n) is 3.37. The van der Waals surface area contributed by atoms with Crippen LogP contribution in [-0.4, -0.2) is 19.6 Å². The lowest BCUT2D eigenvalue weighted by Crippen LogP contribution is -2.04. The Morgan fingerprint density at radius 1 is 1.07 bits per heavy atom. The third-order valence-corrected chi connectivity index (χ3v) is 5.79. The number of halogens is 1. The van der Waals surface area contributed by atoms with E-state index in [1.807, 2.05) is 54.7 Å². The summed E-state index contributed by atoms with van der Waals surface area (Å²) in [6, 6.07) is 18.0. The van der Waals surface area contributed by atoms with Crippen LogP contribution in [0.25, 0.3) is 27.7 Å². The molecule has 0 unspecified atom stereocenters. The molecule has 7 heteroatoms. The number of fused-ring (bicyclic) bond motifs is 2. The van der Waals surface area contributed by atoms with Crippen molar-refractivity contribution in [2.45, 2.75) is 13.3 Å². The molecule has 0 bridgehead atoms. The summed E-state index contributed by atoms with van der Waals surface area (Å²) >= 11 is 3.50. The van der Waals surface area contributed by atoms with E-state index in [2.05, 4.69) is 39.0 Å². The van der Waals surface area contributed by atoms with Gasteiger partial charge in [0.1, 0.15) is 16.0 Å². The van der Waals surface area contributed by atoms with Gasteiger partial charge in [-0.3, -0.25) is 4.98 Å². The summed E-state index contributed by atoms with van der Waals surface area (Å²) in [6.45, 7) is 2.12. The maximum Gasteiger partial charge on any atom is 0.239 e. The van der Waals surface area contributed by atoms with E-state index >= 15 is 0 Å². The second-order valence-corrected chi connectivity index (χ2v) is 7.72. The highest BCUT2D eigenvalue weighted by Crippen LogP contribution is 2.36. The third kappa shape index (κ3) is 3.17. The van der Waals surface area contributed by atoms with Gasteiger partial charge >= 0.3 is 0 Å². The van der Waals surface area contributed by atoms with Crippen LogP contribution in [0.3, 0.4) is 0 Å². The van der Waals surface area contributed by atoms with Gasteiger partial charge in [-0.05, 0) is 52.2 Å².